The first-order chi connectivity index (χ1) is 7.68. The Balaban J connectivity index is 2.05. The van der Waals surface area contributed by atoms with Gasteiger partial charge in [0.05, 0.1) is 13.2 Å². The van der Waals surface area contributed by atoms with E-state index in [1.54, 1.807) is 0 Å². The summed E-state index contributed by atoms with van der Waals surface area (Å²) in [5.41, 5.74) is 1.21. The number of hydrogen-bond donors (Lipinski definition) is 1. The van der Waals surface area contributed by atoms with E-state index >= 15 is 0 Å². The predicted molar refractivity (Wildman–Crippen MR) is 71.5 cm³/mol. The minimum absolute atomic E-state index is 0.691. The quantitative estimate of drug-likeness (QED) is 0.777. The van der Waals surface area contributed by atoms with Crippen LogP contribution in [0.5, 0.6) is 0 Å². The summed E-state index contributed by atoms with van der Waals surface area (Å²) < 4.78 is 6.67. The Morgan fingerprint density at radius 3 is 2.56 bits per heavy atom. The van der Waals surface area contributed by atoms with Crippen LogP contribution in [0.3, 0.4) is 0 Å². The zero-order valence-corrected chi connectivity index (χ0v) is 11.6. The first-order valence-electron chi connectivity index (χ1n) is 5.71. The molecule has 16 heavy (non-hydrogen) atoms. The second-order valence-corrected chi connectivity index (χ2v) is 5.19. The lowest BCUT2D eigenvalue weighted by Crippen LogP contribution is -2.23. The molecule has 0 spiro atoms. The second-order valence-electron chi connectivity index (χ2n) is 4.28. The lowest BCUT2D eigenvalue weighted by Gasteiger charge is -2.08. The summed E-state index contributed by atoms with van der Waals surface area (Å²) in [5.74, 6) is 0.700. The lowest BCUT2D eigenvalue weighted by molar-refractivity contribution is 0.122. The van der Waals surface area contributed by atoms with E-state index in [0.29, 0.717) is 12.5 Å². The van der Waals surface area contributed by atoms with Crippen LogP contribution in [0.15, 0.2) is 28.7 Å². The highest BCUT2D eigenvalue weighted by Crippen LogP contribution is 2.10. The van der Waals surface area contributed by atoms with Crippen molar-refractivity contribution in [2.45, 2.75) is 20.5 Å². The Kier molecular flexibility index (Phi) is 6.69. The maximum Gasteiger partial charge on any atom is 0.0717 e. The average molecular weight is 286 g/mol. The third-order valence-corrected chi connectivity index (χ3v) is 2.69. The maximum atomic E-state index is 5.56. The van der Waals surface area contributed by atoms with E-state index in [4.69, 9.17) is 4.74 Å². The van der Waals surface area contributed by atoms with Crippen molar-refractivity contribution in [1.29, 1.82) is 0 Å². The standard InChI is InChI=1S/C13H20BrNO/c1-11(2)9-15-7-8-16-10-12-3-5-13(14)6-4-12/h3-6,11,15H,7-10H2,1-2H3. The van der Waals surface area contributed by atoms with Gasteiger partial charge in [-0.3, -0.25) is 0 Å². The summed E-state index contributed by atoms with van der Waals surface area (Å²) in [5, 5.41) is 3.35. The molecule has 0 fully saturated rings. The summed E-state index contributed by atoms with van der Waals surface area (Å²) in [6, 6.07) is 8.22. The van der Waals surface area contributed by atoms with Crippen LogP contribution in [-0.4, -0.2) is 19.7 Å². The third kappa shape index (κ3) is 6.26. The van der Waals surface area contributed by atoms with Gasteiger partial charge in [-0.15, -0.1) is 0 Å². The van der Waals surface area contributed by atoms with E-state index in [-0.39, 0.29) is 0 Å². The summed E-state index contributed by atoms with van der Waals surface area (Å²) >= 11 is 3.41. The minimum Gasteiger partial charge on any atom is -0.375 e. The van der Waals surface area contributed by atoms with Crippen molar-refractivity contribution >= 4 is 15.9 Å². The molecule has 0 atom stereocenters. The van der Waals surface area contributed by atoms with Gasteiger partial charge in [0, 0.05) is 11.0 Å². The summed E-state index contributed by atoms with van der Waals surface area (Å²) in [7, 11) is 0. The Labute approximate surface area is 107 Å². The van der Waals surface area contributed by atoms with Gasteiger partial charge in [0.2, 0.25) is 0 Å². The zero-order chi connectivity index (χ0) is 11.8. The molecule has 0 aliphatic rings. The molecule has 0 bridgehead atoms. The highest BCUT2D eigenvalue weighted by Gasteiger charge is 1.95. The van der Waals surface area contributed by atoms with E-state index in [1.165, 1.54) is 5.56 Å². The molecular formula is C13H20BrNO. The van der Waals surface area contributed by atoms with Gasteiger partial charge < -0.3 is 10.1 Å². The third-order valence-electron chi connectivity index (χ3n) is 2.16. The van der Waals surface area contributed by atoms with E-state index in [9.17, 15) is 0 Å². The number of halogens is 1. The molecule has 0 saturated carbocycles. The predicted octanol–water partition coefficient (Wildman–Crippen LogP) is 3.21. The van der Waals surface area contributed by atoms with Crippen LogP contribution in [0.4, 0.5) is 0 Å². The van der Waals surface area contributed by atoms with Crippen molar-refractivity contribution in [2.24, 2.45) is 5.92 Å². The Morgan fingerprint density at radius 2 is 1.94 bits per heavy atom. The van der Waals surface area contributed by atoms with Crippen LogP contribution in [-0.2, 0) is 11.3 Å². The van der Waals surface area contributed by atoms with Gasteiger partial charge >= 0.3 is 0 Å². The number of hydrogen-bond acceptors (Lipinski definition) is 2. The Morgan fingerprint density at radius 1 is 1.25 bits per heavy atom. The smallest absolute Gasteiger partial charge is 0.0717 e. The zero-order valence-electron chi connectivity index (χ0n) is 10.0. The number of benzene rings is 1. The number of rotatable bonds is 7. The van der Waals surface area contributed by atoms with E-state index in [2.05, 4.69) is 47.2 Å². The van der Waals surface area contributed by atoms with Gasteiger partial charge in [-0.05, 0) is 30.2 Å². The Bertz CT molecular complexity index is 284. The van der Waals surface area contributed by atoms with Crippen molar-refractivity contribution in [1.82, 2.24) is 5.32 Å². The molecule has 0 saturated heterocycles. The molecule has 2 nitrogen and oxygen atoms in total. The highest BCUT2D eigenvalue weighted by atomic mass is 79.9. The molecule has 1 aromatic carbocycles. The molecule has 0 aromatic heterocycles. The van der Waals surface area contributed by atoms with E-state index < -0.39 is 0 Å². The fraction of sp³-hybridized carbons (Fsp3) is 0.538. The molecule has 1 aromatic rings. The monoisotopic (exact) mass is 285 g/mol. The van der Waals surface area contributed by atoms with Crippen LogP contribution in [0.25, 0.3) is 0 Å². The molecule has 3 heteroatoms. The van der Waals surface area contributed by atoms with Crippen LogP contribution in [0.1, 0.15) is 19.4 Å². The van der Waals surface area contributed by atoms with Gasteiger partial charge in [-0.25, -0.2) is 0 Å². The molecule has 0 radical (unpaired) electrons. The molecule has 90 valence electrons. The molecular weight excluding hydrogens is 266 g/mol. The second kappa shape index (κ2) is 7.82. The normalized spacial score (nSPS) is 11.0. The first-order valence-corrected chi connectivity index (χ1v) is 6.50. The Hall–Kier alpha value is -0.380. The molecule has 0 heterocycles. The summed E-state index contributed by atoms with van der Waals surface area (Å²) in [6.45, 7) is 7.85. The van der Waals surface area contributed by atoms with Gasteiger partial charge in [-0.2, -0.15) is 0 Å². The summed E-state index contributed by atoms with van der Waals surface area (Å²) in [6.07, 6.45) is 0. The van der Waals surface area contributed by atoms with E-state index in [0.717, 1.165) is 24.2 Å². The van der Waals surface area contributed by atoms with Gasteiger partial charge in [-0.1, -0.05) is 41.9 Å². The molecule has 0 aliphatic heterocycles. The van der Waals surface area contributed by atoms with Crippen LogP contribution < -0.4 is 5.32 Å². The highest BCUT2D eigenvalue weighted by molar-refractivity contribution is 9.10. The molecule has 0 amide bonds. The van der Waals surface area contributed by atoms with Crippen molar-refractivity contribution in [3.05, 3.63) is 34.3 Å². The topological polar surface area (TPSA) is 21.3 Å². The van der Waals surface area contributed by atoms with Crippen molar-refractivity contribution < 1.29 is 4.74 Å². The SMILES string of the molecule is CC(C)CNCCOCc1ccc(Br)cc1. The number of nitrogens with one attached hydrogen (secondary N) is 1. The number of ether oxygens (including phenoxy) is 1. The van der Waals surface area contributed by atoms with Crippen molar-refractivity contribution in [3.8, 4) is 0 Å². The van der Waals surface area contributed by atoms with Gasteiger partial charge in [0.1, 0.15) is 0 Å². The fourth-order valence-corrected chi connectivity index (χ4v) is 1.57. The summed E-state index contributed by atoms with van der Waals surface area (Å²) in [4.78, 5) is 0. The molecule has 0 aliphatic carbocycles. The minimum atomic E-state index is 0.691. The van der Waals surface area contributed by atoms with Crippen molar-refractivity contribution in [2.75, 3.05) is 19.7 Å². The maximum absolute atomic E-state index is 5.56. The molecule has 1 N–H and O–H groups in total. The van der Waals surface area contributed by atoms with Gasteiger partial charge in [0.15, 0.2) is 0 Å². The van der Waals surface area contributed by atoms with Gasteiger partial charge in [0.25, 0.3) is 0 Å². The van der Waals surface area contributed by atoms with E-state index in [1.807, 2.05) is 12.1 Å². The molecule has 1 rings (SSSR count). The lowest BCUT2D eigenvalue weighted by atomic mass is 10.2. The van der Waals surface area contributed by atoms with Crippen LogP contribution in [0.2, 0.25) is 0 Å². The first kappa shape index (κ1) is 13.7. The van der Waals surface area contributed by atoms with Crippen LogP contribution in [0, 0.1) is 5.92 Å². The van der Waals surface area contributed by atoms with Crippen molar-refractivity contribution in [3.63, 3.8) is 0 Å². The largest absolute Gasteiger partial charge is 0.375 e. The van der Waals surface area contributed by atoms with Crippen LogP contribution >= 0.6 is 15.9 Å². The fourth-order valence-electron chi connectivity index (χ4n) is 1.31. The molecule has 0 unspecified atom stereocenters. The average Bonchev–Trinajstić information content (AvgIpc) is 2.25.